The molecule has 1 N–H and O–H groups in total. The van der Waals surface area contributed by atoms with Crippen molar-refractivity contribution in [2.24, 2.45) is 0 Å². The SMILES string of the molecule is COc1cc2nc(/C(C#N)=C/c3cc(C)n(-c4ccncc4C)c3C)[nH]c2cn1. The summed E-state index contributed by atoms with van der Waals surface area (Å²) in [6, 6.07) is 8.06. The van der Waals surface area contributed by atoms with Crippen LogP contribution in [-0.2, 0) is 0 Å². The predicted octanol–water partition coefficient (Wildman–Crippen LogP) is 4.14. The Kier molecular flexibility index (Phi) is 4.61. The Labute approximate surface area is 168 Å². The number of H-pyrrole nitrogens is 1. The van der Waals surface area contributed by atoms with E-state index in [1.165, 1.54) is 0 Å². The molecule has 7 nitrogen and oxygen atoms in total. The van der Waals surface area contributed by atoms with Crippen molar-refractivity contribution in [1.29, 1.82) is 5.26 Å². The number of methoxy groups -OCH3 is 1. The summed E-state index contributed by atoms with van der Waals surface area (Å²) < 4.78 is 7.32. The van der Waals surface area contributed by atoms with Gasteiger partial charge in [-0.2, -0.15) is 5.26 Å². The number of fused-ring (bicyclic) bond motifs is 1. The summed E-state index contributed by atoms with van der Waals surface area (Å²) >= 11 is 0. The van der Waals surface area contributed by atoms with Crippen molar-refractivity contribution >= 4 is 22.7 Å². The molecule has 0 aromatic carbocycles. The highest BCUT2D eigenvalue weighted by Crippen LogP contribution is 2.26. The predicted molar refractivity (Wildman–Crippen MR) is 112 cm³/mol. The largest absolute Gasteiger partial charge is 0.481 e. The van der Waals surface area contributed by atoms with Crippen molar-refractivity contribution in [3.8, 4) is 17.6 Å². The third-order valence-corrected chi connectivity index (χ3v) is 4.93. The Bertz CT molecular complexity index is 1290. The third-order valence-electron chi connectivity index (χ3n) is 4.93. The van der Waals surface area contributed by atoms with E-state index in [2.05, 4.69) is 43.6 Å². The molecule has 0 amide bonds. The fraction of sp³-hybridized carbons (Fsp3) is 0.182. The van der Waals surface area contributed by atoms with Crippen molar-refractivity contribution in [3.05, 3.63) is 65.1 Å². The number of pyridine rings is 2. The van der Waals surface area contributed by atoms with Crippen LogP contribution < -0.4 is 4.74 Å². The second-order valence-electron chi connectivity index (χ2n) is 6.82. The third kappa shape index (κ3) is 3.25. The highest BCUT2D eigenvalue weighted by Gasteiger charge is 2.14. The average molecular weight is 384 g/mol. The van der Waals surface area contributed by atoms with Gasteiger partial charge >= 0.3 is 0 Å². The molecule has 0 saturated heterocycles. The van der Waals surface area contributed by atoms with Crippen LogP contribution in [0.15, 0.2) is 36.8 Å². The first kappa shape index (κ1) is 18.4. The first-order chi connectivity index (χ1) is 14.0. The Balaban J connectivity index is 1.80. The summed E-state index contributed by atoms with van der Waals surface area (Å²) in [7, 11) is 1.56. The second kappa shape index (κ2) is 7.24. The molecule has 4 aromatic rings. The number of allylic oxidation sites excluding steroid dienone is 1. The molecule has 0 radical (unpaired) electrons. The normalized spacial score (nSPS) is 11.6. The lowest BCUT2D eigenvalue weighted by molar-refractivity contribution is 0.398. The first-order valence-electron chi connectivity index (χ1n) is 9.13. The van der Waals surface area contributed by atoms with Crippen LogP contribution in [0.1, 0.15) is 28.3 Å². The lowest BCUT2D eigenvalue weighted by Gasteiger charge is -2.12. The summed E-state index contributed by atoms with van der Waals surface area (Å²) in [4.78, 5) is 16.1. The molecule has 4 rings (SSSR count). The highest BCUT2D eigenvalue weighted by molar-refractivity contribution is 5.90. The molecule has 4 aromatic heterocycles. The molecule has 0 spiro atoms. The van der Waals surface area contributed by atoms with Gasteiger partial charge in [-0.05, 0) is 50.1 Å². The fourth-order valence-corrected chi connectivity index (χ4v) is 3.46. The van der Waals surface area contributed by atoms with Gasteiger partial charge in [-0.3, -0.25) is 4.98 Å². The smallest absolute Gasteiger partial charge is 0.215 e. The van der Waals surface area contributed by atoms with Crippen LogP contribution in [0, 0.1) is 32.1 Å². The van der Waals surface area contributed by atoms with E-state index < -0.39 is 0 Å². The van der Waals surface area contributed by atoms with Crippen molar-refractivity contribution in [3.63, 3.8) is 0 Å². The van der Waals surface area contributed by atoms with Gasteiger partial charge in [0.15, 0.2) is 0 Å². The number of ether oxygens (including phenoxy) is 1. The molecular weight excluding hydrogens is 364 g/mol. The molecule has 0 fully saturated rings. The van der Waals surface area contributed by atoms with Gasteiger partial charge in [-0.1, -0.05) is 0 Å². The Morgan fingerprint density at radius 3 is 2.79 bits per heavy atom. The number of rotatable bonds is 4. The van der Waals surface area contributed by atoms with Crippen molar-refractivity contribution in [1.82, 2.24) is 24.5 Å². The molecule has 0 saturated carbocycles. The maximum atomic E-state index is 9.76. The van der Waals surface area contributed by atoms with Crippen LogP contribution >= 0.6 is 0 Å². The number of nitrogens with zero attached hydrogens (tertiary/aromatic N) is 5. The molecule has 144 valence electrons. The van der Waals surface area contributed by atoms with Crippen molar-refractivity contribution in [2.45, 2.75) is 20.8 Å². The van der Waals surface area contributed by atoms with Gasteiger partial charge in [0.25, 0.3) is 0 Å². The lowest BCUT2D eigenvalue weighted by Crippen LogP contribution is -2.01. The summed E-state index contributed by atoms with van der Waals surface area (Å²) in [5.41, 5.74) is 7.16. The van der Waals surface area contributed by atoms with Gasteiger partial charge in [0.05, 0.1) is 35.6 Å². The van der Waals surface area contributed by atoms with E-state index >= 15 is 0 Å². The zero-order valence-corrected chi connectivity index (χ0v) is 16.7. The molecule has 7 heteroatoms. The lowest BCUT2D eigenvalue weighted by atomic mass is 10.1. The Hall–Kier alpha value is -3.92. The van der Waals surface area contributed by atoms with Crippen LogP contribution in [-0.4, -0.2) is 31.6 Å². The number of nitrogens with one attached hydrogen (secondary N) is 1. The molecule has 0 bridgehead atoms. The van der Waals surface area contributed by atoms with E-state index in [-0.39, 0.29) is 0 Å². The van der Waals surface area contributed by atoms with Gasteiger partial charge in [0.2, 0.25) is 5.88 Å². The monoisotopic (exact) mass is 384 g/mol. The van der Waals surface area contributed by atoms with Crippen LogP contribution in [0.25, 0.3) is 28.4 Å². The number of hydrogen-bond acceptors (Lipinski definition) is 5. The minimum atomic E-state index is 0.451. The van der Waals surface area contributed by atoms with Crippen molar-refractivity contribution in [2.75, 3.05) is 7.11 Å². The quantitative estimate of drug-likeness (QED) is 0.534. The summed E-state index contributed by atoms with van der Waals surface area (Å²) in [5.74, 6) is 0.983. The van der Waals surface area contributed by atoms with E-state index in [9.17, 15) is 5.26 Å². The van der Waals surface area contributed by atoms with Crippen molar-refractivity contribution < 1.29 is 4.74 Å². The van der Waals surface area contributed by atoms with Crippen LogP contribution in [0.5, 0.6) is 5.88 Å². The second-order valence-corrected chi connectivity index (χ2v) is 6.82. The Morgan fingerprint density at radius 2 is 2.07 bits per heavy atom. The summed E-state index contributed by atoms with van der Waals surface area (Å²) in [6.45, 7) is 6.13. The molecule has 0 aliphatic carbocycles. The van der Waals surface area contributed by atoms with Crippen LogP contribution in [0.3, 0.4) is 0 Å². The maximum Gasteiger partial charge on any atom is 0.215 e. The minimum absolute atomic E-state index is 0.451. The van der Waals surface area contributed by atoms with E-state index in [1.54, 1.807) is 25.6 Å². The number of imidazole rings is 1. The molecule has 0 aliphatic heterocycles. The topological polar surface area (TPSA) is 92.4 Å². The summed E-state index contributed by atoms with van der Waals surface area (Å²) in [5, 5.41) is 9.76. The van der Waals surface area contributed by atoms with E-state index in [0.717, 1.165) is 33.7 Å². The first-order valence-corrected chi connectivity index (χ1v) is 9.13. The minimum Gasteiger partial charge on any atom is -0.481 e. The maximum absolute atomic E-state index is 9.76. The van der Waals surface area contributed by atoms with Gasteiger partial charge in [0, 0.05) is 29.8 Å². The number of aromatic nitrogens is 5. The average Bonchev–Trinajstić information content (AvgIpc) is 3.26. The Morgan fingerprint density at radius 1 is 1.24 bits per heavy atom. The zero-order valence-electron chi connectivity index (χ0n) is 16.7. The number of aromatic amines is 1. The van der Waals surface area contributed by atoms with Crippen LogP contribution in [0.2, 0.25) is 0 Å². The fourth-order valence-electron chi connectivity index (χ4n) is 3.46. The molecule has 4 heterocycles. The molecular formula is C22H20N6O. The number of nitriles is 1. The van der Waals surface area contributed by atoms with E-state index in [0.29, 0.717) is 22.8 Å². The standard InChI is InChI=1S/C22H20N6O/c1-13-11-24-6-5-20(13)28-14(2)7-16(15(28)3)8-17(10-23)22-26-18-9-21(29-4)25-12-19(18)27-22/h5-9,11-12H,1-4H3,(H,26,27)/b17-8+. The molecule has 0 atom stereocenters. The molecule has 0 unspecified atom stereocenters. The van der Waals surface area contributed by atoms with Gasteiger partial charge in [0.1, 0.15) is 11.9 Å². The van der Waals surface area contributed by atoms with Gasteiger partial charge in [-0.25, -0.2) is 9.97 Å². The van der Waals surface area contributed by atoms with Gasteiger partial charge < -0.3 is 14.3 Å². The number of hydrogen-bond donors (Lipinski definition) is 1. The van der Waals surface area contributed by atoms with E-state index in [1.807, 2.05) is 32.2 Å². The molecule has 0 aliphatic rings. The van der Waals surface area contributed by atoms with Gasteiger partial charge in [-0.15, -0.1) is 0 Å². The number of aryl methyl sites for hydroxylation is 2. The zero-order chi connectivity index (χ0) is 20.5. The highest BCUT2D eigenvalue weighted by atomic mass is 16.5. The van der Waals surface area contributed by atoms with E-state index in [4.69, 9.17) is 4.74 Å². The molecule has 29 heavy (non-hydrogen) atoms. The van der Waals surface area contributed by atoms with Crippen LogP contribution in [0.4, 0.5) is 0 Å². The summed E-state index contributed by atoms with van der Waals surface area (Å²) in [6.07, 6.45) is 7.14.